The van der Waals surface area contributed by atoms with E-state index in [0.29, 0.717) is 43.8 Å². The number of aromatic amines is 1. The van der Waals surface area contributed by atoms with Crippen LogP contribution in [0.1, 0.15) is 5.56 Å². The molecule has 0 saturated carbocycles. The lowest BCUT2D eigenvalue weighted by Gasteiger charge is -2.14. The summed E-state index contributed by atoms with van der Waals surface area (Å²) in [6.45, 7) is 1.67. The van der Waals surface area contributed by atoms with Gasteiger partial charge in [-0.3, -0.25) is 14.1 Å². The van der Waals surface area contributed by atoms with Gasteiger partial charge < -0.3 is 9.55 Å². The van der Waals surface area contributed by atoms with Crippen molar-refractivity contribution in [3.8, 4) is 0 Å². The average molecular weight is 420 g/mol. The molecule has 0 atom stereocenters. The summed E-state index contributed by atoms with van der Waals surface area (Å²) < 4.78 is 34.5. The first kappa shape index (κ1) is 18.5. The predicted molar refractivity (Wildman–Crippen MR) is 117 cm³/mol. The standard InChI is InChI=1S/C22H16N2O5S/c1-11-7-12(30(27,28)29)8-16-20(11)24(2)19-10-14-18(9-15(19)22(16)26)23-17-6-4-3-5-13(17)21(14)25/h3-10H,1-2H3,(H,23,25)(H,27,28,29). The van der Waals surface area contributed by atoms with E-state index in [1.807, 2.05) is 6.07 Å². The second-order valence-corrected chi connectivity index (χ2v) is 8.84. The molecule has 8 heteroatoms. The van der Waals surface area contributed by atoms with Crippen LogP contribution in [0, 0.1) is 6.92 Å². The Morgan fingerprint density at radius 2 is 1.57 bits per heavy atom. The van der Waals surface area contributed by atoms with E-state index in [1.165, 1.54) is 12.1 Å². The first-order valence-corrected chi connectivity index (χ1v) is 10.6. The Labute approximate surface area is 169 Å². The zero-order chi connectivity index (χ0) is 21.4. The zero-order valence-electron chi connectivity index (χ0n) is 16.1. The van der Waals surface area contributed by atoms with Crippen LogP contribution in [-0.4, -0.2) is 22.5 Å². The van der Waals surface area contributed by atoms with E-state index in [-0.39, 0.29) is 21.1 Å². The highest BCUT2D eigenvalue weighted by Gasteiger charge is 2.18. The number of aryl methyl sites for hydroxylation is 2. The van der Waals surface area contributed by atoms with Gasteiger partial charge in [-0.15, -0.1) is 0 Å². The van der Waals surface area contributed by atoms with Crippen LogP contribution >= 0.6 is 0 Å². The fraction of sp³-hybridized carbons (Fsp3) is 0.0909. The van der Waals surface area contributed by atoms with Crippen molar-refractivity contribution in [2.75, 3.05) is 0 Å². The highest BCUT2D eigenvalue weighted by atomic mass is 32.2. The minimum Gasteiger partial charge on any atom is -0.354 e. The summed E-state index contributed by atoms with van der Waals surface area (Å²) in [5.41, 5.74) is 2.30. The van der Waals surface area contributed by atoms with Crippen LogP contribution in [-0.2, 0) is 17.2 Å². The maximum Gasteiger partial charge on any atom is 0.294 e. The number of aromatic nitrogens is 2. The van der Waals surface area contributed by atoms with E-state index in [0.717, 1.165) is 0 Å². The SMILES string of the molecule is Cc1cc(S(=O)(=O)O)cc2c(=O)c3cc4[nH]c5ccccc5c(=O)c4cc3n(C)c12. The van der Waals surface area contributed by atoms with Crippen LogP contribution in [0.4, 0.5) is 0 Å². The second-order valence-electron chi connectivity index (χ2n) is 7.41. The van der Waals surface area contributed by atoms with E-state index in [1.54, 1.807) is 48.9 Å². The van der Waals surface area contributed by atoms with Gasteiger partial charge in [0.25, 0.3) is 10.1 Å². The average Bonchev–Trinajstić information content (AvgIpc) is 2.70. The lowest BCUT2D eigenvalue weighted by atomic mass is 10.0. The van der Waals surface area contributed by atoms with Gasteiger partial charge in [-0.2, -0.15) is 8.42 Å². The van der Waals surface area contributed by atoms with E-state index < -0.39 is 10.1 Å². The molecule has 2 aromatic heterocycles. The van der Waals surface area contributed by atoms with Crippen molar-refractivity contribution in [1.29, 1.82) is 0 Å². The van der Waals surface area contributed by atoms with E-state index in [4.69, 9.17) is 0 Å². The van der Waals surface area contributed by atoms with E-state index >= 15 is 0 Å². The third-order valence-electron chi connectivity index (χ3n) is 5.58. The Balaban J connectivity index is 2.03. The molecule has 7 nitrogen and oxygen atoms in total. The molecule has 150 valence electrons. The van der Waals surface area contributed by atoms with E-state index in [2.05, 4.69) is 4.98 Å². The Kier molecular flexibility index (Phi) is 3.71. The van der Waals surface area contributed by atoms with Gasteiger partial charge in [0.15, 0.2) is 10.9 Å². The van der Waals surface area contributed by atoms with Crippen molar-refractivity contribution in [3.05, 3.63) is 74.5 Å². The van der Waals surface area contributed by atoms with Crippen molar-refractivity contribution >= 4 is 53.7 Å². The molecule has 0 saturated heterocycles. The number of H-pyrrole nitrogens is 1. The largest absolute Gasteiger partial charge is 0.354 e. The molecule has 5 aromatic rings. The Morgan fingerprint density at radius 1 is 0.867 bits per heavy atom. The number of benzene rings is 3. The lowest BCUT2D eigenvalue weighted by Crippen LogP contribution is -2.13. The van der Waals surface area contributed by atoms with Crippen LogP contribution in [0.15, 0.2) is 63.0 Å². The number of hydrogen-bond donors (Lipinski definition) is 2. The third kappa shape index (κ3) is 2.51. The van der Waals surface area contributed by atoms with Crippen molar-refractivity contribution in [2.45, 2.75) is 11.8 Å². The second kappa shape index (κ2) is 6.01. The summed E-state index contributed by atoms with van der Waals surface area (Å²) >= 11 is 0. The fourth-order valence-corrected chi connectivity index (χ4v) is 4.79. The van der Waals surface area contributed by atoms with Gasteiger partial charge in [-0.05, 0) is 48.9 Å². The van der Waals surface area contributed by atoms with Crippen LogP contribution in [0.2, 0.25) is 0 Å². The Morgan fingerprint density at radius 3 is 2.30 bits per heavy atom. The summed E-state index contributed by atoms with van der Waals surface area (Å²) in [7, 11) is -2.70. The van der Waals surface area contributed by atoms with Crippen molar-refractivity contribution in [2.24, 2.45) is 7.05 Å². The predicted octanol–water partition coefficient (Wildman–Crippen LogP) is 3.24. The molecular weight excluding hydrogens is 404 g/mol. The molecule has 3 aromatic carbocycles. The summed E-state index contributed by atoms with van der Waals surface area (Å²) in [4.78, 5) is 29.2. The van der Waals surface area contributed by atoms with Crippen LogP contribution in [0.3, 0.4) is 0 Å². The molecule has 0 amide bonds. The molecular formula is C22H16N2O5S. The molecule has 0 aliphatic heterocycles. The summed E-state index contributed by atoms with van der Waals surface area (Å²) in [5.74, 6) is 0. The smallest absolute Gasteiger partial charge is 0.294 e. The van der Waals surface area contributed by atoms with Gasteiger partial charge in [0.05, 0.1) is 21.4 Å². The summed E-state index contributed by atoms with van der Waals surface area (Å²) in [5, 5.41) is 1.54. The number of hydrogen-bond acceptors (Lipinski definition) is 4. The first-order chi connectivity index (χ1) is 14.2. The highest BCUT2D eigenvalue weighted by Crippen LogP contribution is 2.27. The maximum atomic E-state index is 13.3. The molecule has 0 fully saturated rings. The number of nitrogens with one attached hydrogen (secondary N) is 1. The Hall–Kier alpha value is -3.49. The molecule has 30 heavy (non-hydrogen) atoms. The minimum atomic E-state index is -4.46. The van der Waals surface area contributed by atoms with Crippen molar-refractivity contribution in [1.82, 2.24) is 9.55 Å². The number of rotatable bonds is 1. The quantitative estimate of drug-likeness (QED) is 0.320. The topological polar surface area (TPSA) is 109 Å². The molecule has 0 aliphatic carbocycles. The molecule has 0 aliphatic rings. The maximum absolute atomic E-state index is 13.3. The van der Waals surface area contributed by atoms with E-state index in [9.17, 15) is 22.6 Å². The number of nitrogens with zero attached hydrogens (tertiary/aromatic N) is 1. The number of pyridine rings is 2. The first-order valence-electron chi connectivity index (χ1n) is 9.16. The van der Waals surface area contributed by atoms with Gasteiger partial charge in [-0.1, -0.05) is 12.1 Å². The minimum absolute atomic E-state index is 0.132. The molecule has 2 N–H and O–H groups in total. The Bertz CT molecular complexity index is 1780. The van der Waals surface area contributed by atoms with Crippen LogP contribution in [0.25, 0.3) is 43.6 Å². The van der Waals surface area contributed by atoms with Crippen molar-refractivity contribution in [3.63, 3.8) is 0 Å². The van der Waals surface area contributed by atoms with Gasteiger partial charge in [-0.25, -0.2) is 0 Å². The summed E-state index contributed by atoms with van der Waals surface area (Å²) in [6, 6.07) is 13.0. The zero-order valence-corrected chi connectivity index (χ0v) is 16.9. The van der Waals surface area contributed by atoms with Gasteiger partial charge >= 0.3 is 0 Å². The lowest BCUT2D eigenvalue weighted by molar-refractivity contribution is 0.483. The monoisotopic (exact) mass is 420 g/mol. The van der Waals surface area contributed by atoms with Crippen LogP contribution in [0.5, 0.6) is 0 Å². The normalized spacial score (nSPS) is 12.4. The van der Waals surface area contributed by atoms with Gasteiger partial charge in [0.1, 0.15) is 0 Å². The summed E-state index contributed by atoms with van der Waals surface area (Å²) in [6.07, 6.45) is 0. The molecule has 0 radical (unpaired) electrons. The highest BCUT2D eigenvalue weighted by molar-refractivity contribution is 7.85. The van der Waals surface area contributed by atoms with Gasteiger partial charge in [0, 0.05) is 34.1 Å². The molecule has 0 bridgehead atoms. The molecule has 2 heterocycles. The third-order valence-corrected chi connectivity index (χ3v) is 6.41. The molecule has 5 rings (SSSR count). The number of fused-ring (bicyclic) bond motifs is 4. The van der Waals surface area contributed by atoms with Crippen molar-refractivity contribution < 1.29 is 13.0 Å². The van der Waals surface area contributed by atoms with Gasteiger partial charge in [0.2, 0.25) is 0 Å². The molecule has 0 spiro atoms. The fourth-order valence-electron chi connectivity index (χ4n) is 4.20. The molecule has 0 unspecified atom stereocenters. The van der Waals surface area contributed by atoms with Crippen LogP contribution < -0.4 is 10.9 Å². The number of para-hydroxylation sites is 1.